The third-order valence-corrected chi connectivity index (χ3v) is 2.43. The minimum Gasteiger partial charge on any atom is -0.396 e. The van der Waals surface area contributed by atoms with Crippen molar-refractivity contribution >= 4 is 0 Å². The fraction of sp³-hybridized carbons (Fsp3) is 0.583. The largest absolute Gasteiger partial charge is 0.396 e. The molecule has 0 spiro atoms. The summed E-state index contributed by atoms with van der Waals surface area (Å²) in [4.78, 5) is 4.36. The summed E-state index contributed by atoms with van der Waals surface area (Å²) < 4.78 is 0. The zero-order valence-corrected chi connectivity index (χ0v) is 9.41. The number of aromatic nitrogens is 1. The van der Waals surface area contributed by atoms with Crippen molar-refractivity contribution in [2.75, 3.05) is 6.61 Å². The predicted molar refractivity (Wildman–Crippen MR) is 58.4 cm³/mol. The molecule has 0 aliphatic heterocycles. The van der Waals surface area contributed by atoms with Gasteiger partial charge in [-0.2, -0.15) is 0 Å². The molecule has 1 N–H and O–H groups in total. The summed E-state index contributed by atoms with van der Waals surface area (Å²) in [5.41, 5.74) is 2.33. The van der Waals surface area contributed by atoms with Crippen LogP contribution in [0.1, 0.15) is 44.9 Å². The second kappa shape index (κ2) is 4.09. The third-order valence-electron chi connectivity index (χ3n) is 2.43. The lowest BCUT2D eigenvalue weighted by Crippen LogP contribution is -2.12. The van der Waals surface area contributed by atoms with Gasteiger partial charge in [-0.25, -0.2) is 0 Å². The van der Waals surface area contributed by atoms with Gasteiger partial charge in [-0.05, 0) is 17.0 Å². The Morgan fingerprint density at radius 3 is 2.36 bits per heavy atom. The summed E-state index contributed by atoms with van der Waals surface area (Å²) in [6.45, 7) is 8.62. The average molecular weight is 193 g/mol. The molecule has 1 rings (SSSR count). The van der Waals surface area contributed by atoms with Crippen LogP contribution in [0.3, 0.4) is 0 Å². The predicted octanol–water partition coefficient (Wildman–Crippen LogP) is 2.47. The minimum absolute atomic E-state index is 0.129. The SMILES string of the molecule is CC(CO)c1ccc(C(C)(C)C)cn1. The van der Waals surface area contributed by atoms with E-state index in [4.69, 9.17) is 5.11 Å². The fourth-order valence-corrected chi connectivity index (χ4v) is 1.23. The van der Waals surface area contributed by atoms with Crippen molar-refractivity contribution < 1.29 is 5.11 Å². The standard InChI is InChI=1S/C12H19NO/c1-9(8-14)11-6-5-10(7-13-11)12(2,3)4/h5-7,9,14H,8H2,1-4H3. The van der Waals surface area contributed by atoms with Crippen molar-refractivity contribution in [2.24, 2.45) is 0 Å². The van der Waals surface area contributed by atoms with E-state index in [9.17, 15) is 0 Å². The third kappa shape index (κ3) is 2.55. The normalized spacial score (nSPS) is 14.1. The molecule has 0 radical (unpaired) electrons. The van der Waals surface area contributed by atoms with Crippen LogP contribution in [0.25, 0.3) is 0 Å². The van der Waals surface area contributed by atoms with Crippen LogP contribution >= 0.6 is 0 Å². The number of nitrogens with zero attached hydrogens (tertiary/aromatic N) is 1. The van der Waals surface area contributed by atoms with Crippen LogP contribution in [0.2, 0.25) is 0 Å². The smallest absolute Gasteiger partial charge is 0.0512 e. The second-order valence-corrected chi connectivity index (χ2v) is 4.81. The number of aliphatic hydroxyl groups is 1. The van der Waals surface area contributed by atoms with Crippen LogP contribution in [0.15, 0.2) is 18.3 Å². The zero-order chi connectivity index (χ0) is 10.8. The van der Waals surface area contributed by atoms with E-state index in [-0.39, 0.29) is 17.9 Å². The Labute approximate surface area is 86.0 Å². The summed E-state index contributed by atoms with van der Waals surface area (Å²) in [5, 5.41) is 8.98. The van der Waals surface area contributed by atoms with Crippen molar-refractivity contribution in [3.8, 4) is 0 Å². The molecule has 0 saturated heterocycles. The van der Waals surface area contributed by atoms with Crippen molar-refractivity contribution in [1.82, 2.24) is 4.98 Å². The van der Waals surface area contributed by atoms with Gasteiger partial charge in [-0.15, -0.1) is 0 Å². The van der Waals surface area contributed by atoms with Crippen molar-refractivity contribution in [3.05, 3.63) is 29.6 Å². The Bertz CT molecular complexity index is 284. The van der Waals surface area contributed by atoms with Gasteiger partial charge in [-0.1, -0.05) is 33.8 Å². The molecule has 0 bridgehead atoms. The van der Waals surface area contributed by atoms with Gasteiger partial charge in [0.15, 0.2) is 0 Å². The molecule has 1 aromatic rings. The molecular formula is C12H19NO. The zero-order valence-electron chi connectivity index (χ0n) is 9.41. The van der Waals surface area contributed by atoms with E-state index in [0.717, 1.165) is 5.69 Å². The number of pyridine rings is 1. The van der Waals surface area contributed by atoms with Crippen LogP contribution < -0.4 is 0 Å². The molecular weight excluding hydrogens is 174 g/mol. The first-order valence-corrected chi connectivity index (χ1v) is 5.02. The van der Waals surface area contributed by atoms with E-state index >= 15 is 0 Å². The van der Waals surface area contributed by atoms with Crippen LogP contribution in [0, 0.1) is 0 Å². The van der Waals surface area contributed by atoms with Crippen LogP contribution in [-0.2, 0) is 5.41 Å². The molecule has 0 saturated carbocycles. The first kappa shape index (κ1) is 11.2. The molecule has 1 aromatic heterocycles. The Kier molecular flexibility index (Phi) is 3.27. The molecule has 0 amide bonds. The molecule has 1 unspecified atom stereocenters. The van der Waals surface area contributed by atoms with Gasteiger partial charge >= 0.3 is 0 Å². The number of rotatable bonds is 2. The van der Waals surface area contributed by atoms with Crippen molar-refractivity contribution in [2.45, 2.75) is 39.0 Å². The first-order chi connectivity index (χ1) is 6.45. The number of hydrogen-bond acceptors (Lipinski definition) is 2. The Morgan fingerprint density at radius 2 is 2.00 bits per heavy atom. The fourth-order valence-electron chi connectivity index (χ4n) is 1.23. The Hall–Kier alpha value is -0.890. The highest BCUT2D eigenvalue weighted by molar-refractivity contribution is 5.22. The van der Waals surface area contributed by atoms with Gasteiger partial charge in [0.25, 0.3) is 0 Å². The highest BCUT2D eigenvalue weighted by Crippen LogP contribution is 2.22. The summed E-state index contributed by atoms with van der Waals surface area (Å²) in [6.07, 6.45) is 1.90. The van der Waals surface area contributed by atoms with Gasteiger partial charge in [-0.3, -0.25) is 4.98 Å². The molecule has 1 heterocycles. The molecule has 0 aliphatic rings. The van der Waals surface area contributed by atoms with Gasteiger partial charge in [0.05, 0.1) is 6.61 Å². The molecule has 0 aromatic carbocycles. The summed E-state index contributed by atoms with van der Waals surface area (Å²) in [7, 11) is 0. The van der Waals surface area contributed by atoms with E-state index in [1.54, 1.807) is 0 Å². The quantitative estimate of drug-likeness (QED) is 0.782. The maximum absolute atomic E-state index is 8.98. The Morgan fingerprint density at radius 1 is 1.36 bits per heavy atom. The average Bonchev–Trinajstić information content (AvgIpc) is 2.15. The monoisotopic (exact) mass is 193 g/mol. The van der Waals surface area contributed by atoms with Gasteiger partial charge in [0.2, 0.25) is 0 Å². The summed E-state index contributed by atoms with van der Waals surface area (Å²) in [6, 6.07) is 4.09. The van der Waals surface area contributed by atoms with E-state index in [0.29, 0.717) is 0 Å². The van der Waals surface area contributed by atoms with Crippen LogP contribution in [0.5, 0.6) is 0 Å². The van der Waals surface area contributed by atoms with Gasteiger partial charge in [0.1, 0.15) is 0 Å². The molecule has 14 heavy (non-hydrogen) atoms. The lowest BCUT2D eigenvalue weighted by molar-refractivity contribution is 0.271. The van der Waals surface area contributed by atoms with Gasteiger partial charge in [0, 0.05) is 17.8 Å². The van der Waals surface area contributed by atoms with Crippen molar-refractivity contribution in [3.63, 3.8) is 0 Å². The van der Waals surface area contributed by atoms with Gasteiger partial charge < -0.3 is 5.11 Å². The second-order valence-electron chi connectivity index (χ2n) is 4.81. The maximum atomic E-state index is 8.98. The van der Waals surface area contributed by atoms with Crippen LogP contribution in [0.4, 0.5) is 0 Å². The highest BCUT2D eigenvalue weighted by Gasteiger charge is 2.14. The molecule has 1 atom stereocenters. The summed E-state index contributed by atoms with van der Waals surface area (Å²) >= 11 is 0. The first-order valence-electron chi connectivity index (χ1n) is 5.02. The van der Waals surface area contributed by atoms with Crippen molar-refractivity contribution in [1.29, 1.82) is 0 Å². The number of hydrogen-bond donors (Lipinski definition) is 1. The molecule has 78 valence electrons. The highest BCUT2D eigenvalue weighted by atomic mass is 16.3. The molecule has 2 nitrogen and oxygen atoms in total. The lowest BCUT2D eigenvalue weighted by atomic mass is 9.88. The topological polar surface area (TPSA) is 33.1 Å². The van der Waals surface area contributed by atoms with Crippen LogP contribution in [-0.4, -0.2) is 16.7 Å². The Balaban J connectivity index is 2.89. The maximum Gasteiger partial charge on any atom is 0.0512 e. The minimum atomic E-state index is 0.129. The van der Waals surface area contributed by atoms with E-state index < -0.39 is 0 Å². The van der Waals surface area contributed by atoms with E-state index in [1.807, 2.05) is 19.2 Å². The lowest BCUT2D eigenvalue weighted by Gasteiger charge is -2.19. The molecule has 0 aliphatic carbocycles. The number of aliphatic hydroxyl groups excluding tert-OH is 1. The van der Waals surface area contributed by atoms with E-state index in [2.05, 4.69) is 31.8 Å². The van der Waals surface area contributed by atoms with E-state index in [1.165, 1.54) is 5.56 Å². The summed E-state index contributed by atoms with van der Waals surface area (Å²) in [5.74, 6) is 0.129. The molecule has 0 fully saturated rings. The molecule has 2 heteroatoms.